The standard InChI is InChI=1S/C5H8O3.Al.3H/c1-3-5(7)8-4(2)6;;;;/h3H2,1-2H3;;;;. The molecule has 0 spiro atoms. The molecule has 0 atom stereocenters. The number of esters is 2. The molecule has 3 nitrogen and oxygen atoms in total. The molecule has 0 aliphatic heterocycles. The van der Waals surface area contributed by atoms with Crippen LogP contribution in [0.1, 0.15) is 20.3 Å². The van der Waals surface area contributed by atoms with E-state index in [1.807, 2.05) is 0 Å². The Morgan fingerprint density at radius 3 is 2.00 bits per heavy atom. The first kappa shape index (κ1) is 11.5. The van der Waals surface area contributed by atoms with Crippen molar-refractivity contribution in [3.63, 3.8) is 0 Å². The minimum atomic E-state index is -0.545. The van der Waals surface area contributed by atoms with Crippen LogP contribution in [-0.2, 0) is 14.3 Å². The Morgan fingerprint density at radius 1 is 1.44 bits per heavy atom. The van der Waals surface area contributed by atoms with Crippen LogP contribution in [0.3, 0.4) is 0 Å². The maximum absolute atomic E-state index is 10.2. The van der Waals surface area contributed by atoms with Gasteiger partial charge in [-0.05, 0) is 0 Å². The van der Waals surface area contributed by atoms with Crippen LogP contribution in [0.5, 0.6) is 0 Å². The van der Waals surface area contributed by atoms with Gasteiger partial charge in [-0.15, -0.1) is 0 Å². The highest BCUT2D eigenvalue weighted by Gasteiger charge is 1.99. The predicted molar refractivity (Wildman–Crippen MR) is 37.0 cm³/mol. The highest BCUT2D eigenvalue weighted by molar-refractivity contribution is 5.83. The molecule has 0 aromatic rings. The number of hydrogen-bond acceptors (Lipinski definition) is 3. The Balaban J connectivity index is 0. The van der Waals surface area contributed by atoms with Gasteiger partial charge in [-0.3, -0.25) is 9.59 Å². The summed E-state index contributed by atoms with van der Waals surface area (Å²) in [6, 6.07) is 0. The average molecular weight is 146 g/mol. The second kappa shape index (κ2) is 5.80. The molecule has 0 N–H and O–H groups in total. The summed E-state index contributed by atoms with van der Waals surface area (Å²) in [7, 11) is 0. The van der Waals surface area contributed by atoms with E-state index in [0.717, 1.165) is 0 Å². The zero-order chi connectivity index (χ0) is 6.57. The van der Waals surface area contributed by atoms with Crippen molar-refractivity contribution in [2.75, 3.05) is 0 Å². The lowest BCUT2D eigenvalue weighted by Crippen LogP contribution is -2.06. The van der Waals surface area contributed by atoms with E-state index in [2.05, 4.69) is 4.74 Å². The molecule has 4 heteroatoms. The number of ether oxygens (including phenoxy) is 1. The van der Waals surface area contributed by atoms with Crippen LogP contribution < -0.4 is 0 Å². The molecule has 0 fully saturated rings. The maximum Gasteiger partial charge on any atom is 0.313 e. The highest BCUT2D eigenvalue weighted by atomic mass is 27.0. The molecule has 0 bridgehead atoms. The Labute approximate surface area is 64.5 Å². The van der Waals surface area contributed by atoms with Crippen LogP contribution in [0.15, 0.2) is 0 Å². The molecule has 9 heavy (non-hydrogen) atoms. The summed E-state index contributed by atoms with van der Waals surface area (Å²) in [4.78, 5) is 20.1. The molecule has 0 saturated heterocycles. The average Bonchev–Trinajstić information content (AvgIpc) is 1.65. The van der Waals surface area contributed by atoms with Gasteiger partial charge in [0.1, 0.15) is 0 Å². The summed E-state index contributed by atoms with van der Waals surface area (Å²) < 4.78 is 4.12. The molecule has 0 heterocycles. The number of carbonyl (C=O) groups excluding carboxylic acids is 2. The normalized spacial score (nSPS) is 7.33. The van der Waals surface area contributed by atoms with Crippen molar-refractivity contribution in [1.29, 1.82) is 0 Å². The Morgan fingerprint density at radius 2 is 1.89 bits per heavy atom. The Bertz CT molecular complexity index is 111. The second-order valence-corrected chi connectivity index (χ2v) is 1.32. The molecule has 0 rings (SSSR count). The topological polar surface area (TPSA) is 43.4 Å². The van der Waals surface area contributed by atoms with Crippen molar-refractivity contribution >= 4 is 29.3 Å². The molecule has 0 amide bonds. The summed E-state index contributed by atoms with van der Waals surface area (Å²) in [5.74, 6) is -1.02. The third-order valence-electron chi connectivity index (χ3n) is 0.546. The summed E-state index contributed by atoms with van der Waals surface area (Å²) in [5, 5.41) is 0. The van der Waals surface area contributed by atoms with Gasteiger partial charge < -0.3 is 4.74 Å². The summed E-state index contributed by atoms with van der Waals surface area (Å²) in [6.45, 7) is 2.83. The molecule has 0 aliphatic carbocycles. The van der Waals surface area contributed by atoms with Gasteiger partial charge in [0.25, 0.3) is 0 Å². The van der Waals surface area contributed by atoms with Crippen molar-refractivity contribution in [2.24, 2.45) is 0 Å². The van der Waals surface area contributed by atoms with E-state index in [1.54, 1.807) is 6.92 Å². The zero-order valence-electron chi connectivity index (χ0n) is 4.93. The predicted octanol–water partition coefficient (Wildman–Crippen LogP) is -0.698. The van der Waals surface area contributed by atoms with E-state index in [4.69, 9.17) is 0 Å². The molecule has 0 aromatic heterocycles. The molecule has 0 saturated carbocycles. The van der Waals surface area contributed by atoms with Gasteiger partial charge in [0.2, 0.25) is 0 Å². The van der Waals surface area contributed by atoms with Crippen molar-refractivity contribution < 1.29 is 14.3 Å². The summed E-state index contributed by atoms with van der Waals surface area (Å²) in [6.07, 6.45) is 0.250. The van der Waals surface area contributed by atoms with Gasteiger partial charge in [-0.25, -0.2) is 0 Å². The minimum absolute atomic E-state index is 0. The van der Waals surface area contributed by atoms with Gasteiger partial charge in [0.05, 0.1) is 0 Å². The highest BCUT2D eigenvalue weighted by Crippen LogP contribution is 1.82. The number of carbonyl (C=O) groups is 2. The molecule has 0 aromatic carbocycles. The minimum Gasteiger partial charge on any atom is -0.393 e. The van der Waals surface area contributed by atoms with Gasteiger partial charge in [-0.2, -0.15) is 0 Å². The van der Waals surface area contributed by atoms with Crippen LogP contribution >= 0.6 is 0 Å². The molecule has 52 valence electrons. The third-order valence-corrected chi connectivity index (χ3v) is 0.546. The molecule has 0 radical (unpaired) electrons. The van der Waals surface area contributed by atoms with Gasteiger partial charge >= 0.3 is 11.9 Å². The first-order chi connectivity index (χ1) is 3.66. The van der Waals surface area contributed by atoms with Crippen LogP contribution in [-0.4, -0.2) is 29.3 Å². The van der Waals surface area contributed by atoms with Crippen LogP contribution in [0.2, 0.25) is 0 Å². The first-order valence-corrected chi connectivity index (χ1v) is 2.38. The summed E-state index contributed by atoms with van der Waals surface area (Å²) >= 11 is 0. The third kappa shape index (κ3) is 7.67. The van der Waals surface area contributed by atoms with Gasteiger partial charge in [-0.1, -0.05) is 6.92 Å². The number of hydrogen-bond donors (Lipinski definition) is 0. The van der Waals surface area contributed by atoms with Gasteiger partial charge in [0, 0.05) is 13.3 Å². The van der Waals surface area contributed by atoms with E-state index in [9.17, 15) is 9.59 Å². The fraction of sp³-hybridized carbons (Fsp3) is 0.600. The maximum atomic E-state index is 10.2. The molecular weight excluding hydrogens is 135 g/mol. The lowest BCUT2D eigenvalue weighted by Gasteiger charge is -1.92. The van der Waals surface area contributed by atoms with E-state index >= 15 is 0 Å². The summed E-state index contributed by atoms with van der Waals surface area (Å²) in [5.41, 5.74) is 0. The molecular formula is C5H11AlO3. The van der Waals surface area contributed by atoms with Crippen LogP contribution in [0.4, 0.5) is 0 Å². The van der Waals surface area contributed by atoms with E-state index in [0.29, 0.717) is 0 Å². The van der Waals surface area contributed by atoms with Crippen LogP contribution in [0.25, 0.3) is 0 Å². The Kier molecular flexibility index (Phi) is 7.39. The largest absolute Gasteiger partial charge is 0.393 e. The fourth-order valence-corrected chi connectivity index (χ4v) is 0.232. The molecule has 0 aliphatic rings. The smallest absolute Gasteiger partial charge is 0.313 e. The van der Waals surface area contributed by atoms with E-state index in [-0.39, 0.29) is 23.8 Å². The van der Waals surface area contributed by atoms with Crippen molar-refractivity contribution in [1.82, 2.24) is 0 Å². The Hall–Kier alpha value is -0.328. The second-order valence-electron chi connectivity index (χ2n) is 1.32. The van der Waals surface area contributed by atoms with Crippen molar-refractivity contribution in [3.05, 3.63) is 0 Å². The zero-order valence-corrected chi connectivity index (χ0v) is 4.93. The lowest BCUT2D eigenvalue weighted by atomic mass is 10.5. The quantitative estimate of drug-likeness (QED) is 0.279. The van der Waals surface area contributed by atoms with Crippen molar-refractivity contribution in [3.8, 4) is 0 Å². The van der Waals surface area contributed by atoms with E-state index in [1.165, 1.54) is 6.92 Å². The number of rotatable bonds is 1. The van der Waals surface area contributed by atoms with Crippen LogP contribution in [0, 0.1) is 0 Å². The SMILES string of the molecule is CCC(=O)OC(C)=O.[AlH3]. The van der Waals surface area contributed by atoms with E-state index < -0.39 is 11.9 Å². The lowest BCUT2D eigenvalue weighted by molar-refractivity contribution is -0.157. The monoisotopic (exact) mass is 146 g/mol. The molecule has 0 unspecified atom stereocenters. The first-order valence-electron chi connectivity index (χ1n) is 2.38. The fourth-order valence-electron chi connectivity index (χ4n) is 0.232. The van der Waals surface area contributed by atoms with Crippen molar-refractivity contribution in [2.45, 2.75) is 20.3 Å². The van der Waals surface area contributed by atoms with Gasteiger partial charge in [0.15, 0.2) is 17.4 Å².